The third-order valence-electron chi connectivity index (χ3n) is 4.51. The first-order valence-corrected chi connectivity index (χ1v) is 10.7. The summed E-state index contributed by atoms with van der Waals surface area (Å²) in [7, 11) is 0. The lowest BCUT2D eigenvalue weighted by Gasteiger charge is -2.06. The number of carbonyl (C=O) groups excluding carboxylic acids is 2. The van der Waals surface area contributed by atoms with Crippen molar-refractivity contribution in [3.8, 4) is 0 Å². The summed E-state index contributed by atoms with van der Waals surface area (Å²) in [4.78, 5) is 23.4. The maximum absolute atomic E-state index is 11.7. The van der Waals surface area contributed by atoms with Gasteiger partial charge in [0.05, 0.1) is 0 Å². The van der Waals surface area contributed by atoms with E-state index in [1.54, 1.807) is 0 Å². The number of amides is 2. The van der Waals surface area contributed by atoms with Gasteiger partial charge in [0.1, 0.15) is 0 Å². The summed E-state index contributed by atoms with van der Waals surface area (Å²) in [6.07, 6.45) is 16.4. The van der Waals surface area contributed by atoms with Crippen LogP contribution in [0, 0.1) is 0 Å². The average Bonchev–Trinajstić information content (AvgIpc) is 2.60. The van der Waals surface area contributed by atoms with E-state index in [1.807, 2.05) is 0 Å². The fourth-order valence-electron chi connectivity index (χ4n) is 2.85. The van der Waals surface area contributed by atoms with Crippen LogP contribution in [0.5, 0.6) is 0 Å². The molecule has 0 radical (unpaired) electrons. The van der Waals surface area contributed by atoms with Crippen molar-refractivity contribution in [2.45, 2.75) is 110 Å². The lowest BCUT2D eigenvalue weighted by atomic mass is 10.1. The Morgan fingerprint density at radius 3 is 1.28 bits per heavy atom. The second-order valence-electron chi connectivity index (χ2n) is 7.09. The summed E-state index contributed by atoms with van der Waals surface area (Å²) in [5.41, 5.74) is 0. The maximum Gasteiger partial charge on any atom is 0.220 e. The highest BCUT2D eigenvalue weighted by molar-refractivity contribution is 5.78. The van der Waals surface area contributed by atoms with Gasteiger partial charge < -0.3 is 10.6 Å². The molecule has 0 fully saturated rings. The van der Waals surface area contributed by atoms with Crippen molar-refractivity contribution in [2.75, 3.05) is 13.1 Å². The molecular formula is C21H42N2O2. The Kier molecular flexibility index (Phi) is 18.5. The van der Waals surface area contributed by atoms with Crippen LogP contribution >= 0.6 is 0 Å². The van der Waals surface area contributed by atoms with Crippen LogP contribution in [0.15, 0.2) is 0 Å². The zero-order valence-electron chi connectivity index (χ0n) is 16.8. The van der Waals surface area contributed by atoms with Gasteiger partial charge >= 0.3 is 0 Å². The molecule has 0 bridgehead atoms. The van der Waals surface area contributed by atoms with Gasteiger partial charge in [0.15, 0.2) is 0 Å². The summed E-state index contributed by atoms with van der Waals surface area (Å²) < 4.78 is 0. The Morgan fingerprint density at radius 1 is 0.520 bits per heavy atom. The van der Waals surface area contributed by atoms with Gasteiger partial charge in [0, 0.05) is 25.9 Å². The molecule has 0 aliphatic rings. The molecule has 0 aromatic carbocycles. The molecule has 0 atom stereocenters. The van der Waals surface area contributed by atoms with E-state index in [4.69, 9.17) is 0 Å². The zero-order chi connectivity index (χ0) is 18.6. The second-order valence-corrected chi connectivity index (χ2v) is 7.09. The van der Waals surface area contributed by atoms with Gasteiger partial charge in [-0.25, -0.2) is 0 Å². The molecule has 25 heavy (non-hydrogen) atoms. The first-order chi connectivity index (χ1) is 12.2. The molecular weight excluding hydrogens is 312 g/mol. The molecule has 0 saturated heterocycles. The highest BCUT2D eigenvalue weighted by atomic mass is 16.2. The molecule has 2 amide bonds. The van der Waals surface area contributed by atoms with Gasteiger partial charge in [0.2, 0.25) is 11.8 Å². The Hall–Kier alpha value is -1.06. The van der Waals surface area contributed by atoms with Crippen molar-refractivity contribution in [3.63, 3.8) is 0 Å². The van der Waals surface area contributed by atoms with Gasteiger partial charge in [-0.05, 0) is 19.3 Å². The molecule has 0 rings (SSSR count). The standard InChI is InChI=1S/C21H42N2O2/c1-3-5-7-9-11-13-18-22-20(24)16-15-17-21(25)23-19-14-12-10-8-6-4-2/h3-19H2,1-2H3,(H,22,24)(H,23,25). The Labute approximate surface area is 155 Å². The summed E-state index contributed by atoms with van der Waals surface area (Å²) in [6.45, 7) is 5.98. The van der Waals surface area contributed by atoms with Crippen LogP contribution in [0.2, 0.25) is 0 Å². The summed E-state index contributed by atoms with van der Waals surface area (Å²) in [6, 6.07) is 0. The minimum atomic E-state index is 0.0808. The molecule has 148 valence electrons. The minimum absolute atomic E-state index is 0.0808. The summed E-state index contributed by atoms with van der Waals surface area (Å²) >= 11 is 0. The van der Waals surface area contributed by atoms with Crippen molar-refractivity contribution in [1.82, 2.24) is 10.6 Å². The number of rotatable bonds is 18. The summed E-state index contributed by atoms with van der Waals surface area (Å²) in [5, 5.41) is 5.91. The minimum Gasteiger partial charge on any atom is -0.356 e. The highest BCUT2D eigenvalue weighted by Crippen LogP contribution is 2.05. The van der Waals surface area contributed by atoms with E-state index in [0.717, 1.165) is 25.9 Å². The monoisotopic (exact) mass is 354 g/mol. The molecule has 0 spiro atoms. The van der Waals surface area contributed by atoms with E-state index in [1.165, 1.54) is 64.2 Å². The van der Waals surface area contributed by atoms with Crippen LogP contribution in [0.3, 0.4) is 0 Å². The fourth-order valence-corrected chi connectivity index (χ4v) is 2.85. The number of hydrogen-bond acceptors (Lipinski definition) is 2. The van der Waals surface area contributed by atoms with Crippen molar-refractivity contribution < 1.29 is 9.59 Å². The lowest BCUT2D eigenvalue weighted by molar-refractivity contribution is -0.122. The van der Waals surface area contributed by atoms with E-state index in [0.29, 0.717) is 19.3 Å². The zero-order valence-corrected chi connectivity index (χ0v) is 16.8. The lowest BCUT2D eigenvalue weighted by Crippen LogP contribution is -2.26. The van der Waals surface area contributed by atoms with Crippen LogP contribution in [0.1, 0.15) is 110 Å². The van der Waals surface area contributed by atoms with Crippen LogP contribution in [0.25, 0.3) is 0 Å². The van der Waals surface area contributed by atoms with Crippen LogP contribution < -0.4 is 10.6 Å². The normalized spacial score (nSPS) is 10.6. The van der Waals surface area contributed by atoms with E-state index in [9.17, 15) is 9.59 Å². The molecule has 0 saturated carbocycles. The quantitative estimate of drug-likeness (QED) is 0.336. The molecule has 0 aromatic rings. The molecule has 0 aliphatic heterocycles. The highest BCUT2D eigenvalue weighted by Gasteiger charge is 2.04. The first-order valence-electron chi connectivity index (χ1n) is 10.7. The summed E-state index contributed by atoms with van der Waals surface area (Å²) in [5.74, 6) is 0.162. The van der Waals surface area contributed by atoms with Crippen molar-refractivity contribution in [1.29, 1.82) is 0 Å². The van der Waals surface area contributed by atoms with Crippen molar-refractivity contribution in [3.05, 3.63) is 0 Å². The number of nitrogens with one attached hydrogen (secondary N) is 2. The predicted molar refractivity (Wildman–Crippen MR) is 107 cm³/mol. The first kappa shape index (κ1) is 23.9. The van der Waals surface area contributed by atoms with E-state index in [-0.39, 0.29) is 11.8 Å². The largest absolute Gasteiger partial charge is 0.356 e. The number of unbranched alkanes of at least 4 members (excludes halogenated alkanes) is 10. The van der Waals surface area contributed by atoms with Gasteiger partial charge in [-0.1, -0.05) is 78.1 Å². The van der Waals surface area contributed by atoms with Crippen molar-refractivity contribution in [2.24, 2.45) is 0 Å². The van der Waals surface area contributed by atoms with Gasteiger partial charge in [-0.2, -0.15) is 0 Å². The molecule has 2 N–H and O–H groups in total. The van der Waals surface area contributed by atoms with Crippen LogP contribution in [0.4, 0.5) is 0 Å². The number of hydrogen-bond donors (Lipinski definition) is 2. The fraction of sp³-hybridized carbons (Fsp3) is 0.905. The molecule has 4 heteroatoms. The third kappa shape index (κ3) is 19.1. The van der Waals surface area contributed by atoms with E-state index < -0.39 is 0 Å². The maximum atomic E-state index is 11.7. The average molecular weight is 355 g/mol. The second kappa shape index (κ2) is 19.3. The molecule has 0 aliphatic carbocycles. The molecule has 0 aromatic heterocycles. The Balaban J connectivity index is 3.32. The topological polar surface area (TPSA) is 58.2 Å². The molecule has 0 unspecified atom stereocenters. The SMILES string of the molecule is CCCCCCCCNC(=O)CCCC(=O)NCCCCCCCC. The van der Waals surface area contributed by atoms with Gasteiger partial charge in [-0.15, -0.1) is 0 Å². The predicted octanol–water partition coefficient (Wildman–Crippen LogP) is 5.11. The van der Waals surface area contributed by atoms with Crippen LogP contribution in [-0.4, -0.2) is 24.9 Å². The molecule has 4 nitrogen and oxygen atoms in total. The molecule has 0 heterocycles. The Morgan fingerprint density at radius 2 is 0.880 bits per heavy atom. The van der Waals surface area contributed by atoms with Gasteiger partial charge in [-0.3, -0.25) is 9.59 Å². The smallest absolute Gasteiger partial charge is 0.220 e. The Bertz CT molecular complexity index is 289. The van der Waals surface area contributed by atoms with Crippen LogP contribution in [-0.2, 0) is 9.59 Å². The van der Waals surface area contributed by atoms with Gasteiger partial charge in [0.25, 0.3) is 0 Å². The number of carbonyl (C=O) groups is 2. The van der Waals surface area contributed by atoms with E-state index in [2.05, 4.69) is 24.5 Å². The van der Waals surface area contributed by atoms with E-state index >= 15 is 0 Å². The van der Waals surface area contributed by atoms with Crippen molar-refractivity contribution >= 4 is 11.8 Å². The third-order valence-corrected chi connectivity index (χ3v) is 4.51.